The molecule has 2 aromatic rings. The van der Waals surface area contributed by atoms with Crippen LogP contribution < -0.4 is 0 Å². The molecule has 2 aromatic heterocycles. The summed E-state index contributed by atoms with van der Waals surface area (Å²) in [5, 5.41) is 0. The van der Waals surface area contributed by atoms with Crippen molar-refractivity contribution in [3.05, 3.63) is 54.1 Å². The van der Waals surface area contributed by atoms with E-state index < -0.39 is 0 Å². The van der Waals surface area contributed by atoms with Gasteiger partial charge < -0.3 is 4.98 Å². The minimum absolute atomic E-state index is 1.13. The molecule has 0 aliphatic rings. The summed E-state index contributed by atoms with van der Waals surface area (Å²) in [5.74, 6) is 0. The van der Waals surface area contributed by atoms with Crippen molar-refractivity contribution in [2.24, 2.45) is 0 Å². The van der Waals surface area contributed by atoms with E-state index in [4.69, 9.17) is 0 Å². The number of rotatable bonds is 1. The monoisotopic (exact) mass is 188 g/mol. The van der Waals surface area contributed by atoms with Crippen LogP contribution in [0.4, 0.5) is 0 Å². The fourth-order valence-electron chi connectivity index (χ4n) is 1.18. The van der Waals surface area contributed by atoms with Crippen molar-refractivity contribution in [2.75, 3.05) is 0 Å². The van der Waals surface area contributed by atoms with Crippen LogP contribution >= 0.6 is 0 Å². The molecule has 0 spiro atoms. The molecular formula is C12H16N2. The molecule has 0 unspecified atom stereocenters. The molecule has 2 nitrogen and oxygen atoms in total. The highest BCUT2D eigenvalue weighted by molar-refractivity contribution is 5.18. The highest BCUT2D eigenvalue weighted by Crippen LogP contribution is 2.03. The van der Waals surface area contributed by atoms with Gasteiger partial charge in [0.25, 0.3) is 0 Å². The molecule has 0 bridgehead atoms. The SMILES string of the molecule is CCc1cc[nH]c1C.c1ccncc1. The van der Waals surface area contributed by atoms with Crippen LogP contribution in [0, 0.1) is 6.92 Å². The van der Waals surface area contributed by atoms with Crippen LogP contribution in [-0.2, 0) is 6.42 Å². The van der Waals surface area contributed by atoms with Crippen LogP contribution in [0.2, 0.25) is 0 Å². The normalized spacial score (nSPS) is 9.00. The molecule has 0 fully saturated rings. The lowest BCUT2D eigenvalue weighted by Gasteiger charge is -1.88. The van der Waals surface area contributed by atoms with E-state index in [1.54, 1.807) is 12.4 Å². The fraction of sp³-hybridized carbons (Fsp3) is 0.250. The van der Waals surface area contributed by atoms with Crippen molar-refractivity contribution in [1.82, 2.24) is 9.97 Å². The van der Waals surface area contributed by atoms with Crippen LogP contribution in [0.1, 0.15) is 18.2 Å². The Hall–Kier alpha value is -1.57. The summed E-state index contributed by atoms with van der Waals surface area (Å²) in [6.45, 7) is 4.26. The van der Waals surface area contributed by atoms with Crippen molar-refractivity contribution in [3.8, 4) is 0 Å². The number of nitrogens with one attached hydrogen (secondary N) is 1. The maximum absolute atomic E-state index is 3.78. The van der Waals surface area contributed by atoms with Gasteiger partial charge in [-0.2, -0.15) is 0 Å². The zero-order valence-electron chi connectivity index (χ0n) is 8.70. The molecule has 74 valence electrons. The number of H-pyrrole nitrogens is 1. The van der Waals surface area contributed by atoms with Crippen LogP contribution in [0.3, 0.4) is 0 Å². The first-order valence-electron chi connectivity index (χ1n) is 4.82. The lowest BCUT2D eigenvalue weighted by atomic mass is 10.2. The summed E-state index contributed by atoms with van der Waals surface area (Å²) in [7, 11) is 0. The average Bonchev–Trinajstić information content (AvgIpc) is 2.67. The molecule has 14 heavy (non-hydrogen) atoms. The third-order valence-corrected chi connectivity index (χ3v) is 2.01. The van der Waals surface area contributed by atoms with E-state index in [2.05, 4.69) is 29.9 Å². The van der Waals surface area contributed by atoms with Crippen molar-refractivity contribution in [1.29, 1.82) is 0 Å². The smallest absolute Gasteiger partial charge is 0.0267 e. The lowest BCUT2D eigenvalue weighted by molar-refractivity contribution is 1.10. The summed E-state index contributed by atoms with van der Waals surface area (Å²) in [4.78, 5) is 6.90. The number of aryl methyl sites for hydroxylation is 2. The van der Waals surface area contributed by atoms with Gasteiger partial charge in [-0.1, -0.05) is 13.0 Å². The zero-order chi connectivity index (χ0) is 10.2. The molecular weight excluding hydrogens is 172 g/mol. The largest absolute Gasteiger partial charge is 0.365 e. The van der Waals surface area contributed by atoms with E-state index in [-0.39, 0.29) is 0 Å². The molecule has 0 aliphatic heterocycles. The number of hydrogen-bond acceptors (Lipinski definition) is 1. The van der Waals surface area contributed by atoms with Gasteiger partial charge in [0, 0.05) is 24.3 Å². The van der Waals surface area contributed by atoms with E-state index in [1.807, 2.05) is 24.4 Å². The van der Waals surface area contributed by atoms with Crippen LogP contribution in [-0.4, -0.2) is 9.97 Å². The van der Waals surface area contributed by atoms with E-state index in [0.29, 0.717) is 0 Å². The van der Waals surface area contributed by atoms with Gasteiger partial charge in [0.15, 0.2) is 0 Å². The van der Waals surface area contributed by atoms with Gasteiger partial charge in [0.1, 0.15) is 0 Å². The molecule has 0 saturated heterocycles. The molecule has 2 heteroatoms. The van der Waals surface area contributed by atoms with Crippen molar-refractivity contribution in [2.45, 2.75) is 20.3 Å². The second-order valence-electron chi connectivity index (χ2n) is 3.01. The van der Waals surface area contributed by atoms with E-state index in [0.717, 1.165) is 6.42 Å². The average molecular weight is 188 g/mol. The third-order valence-electron chi connectivity index (χ3n) is 2.01. The number of aromatic amines is 1. The predicted molar refractivity (Wildman–Crippen MR) is 59.1 cm³/mol. The fourth-order valence-corrected chi connectivity index (χ4v) is 1.18. The van der Waals surface area contributed by atoms with Crippen LogP contribution in [0.15, 0.2) is 42.9 Å². The number of aromatic nitrogens is 2. The highest BCUT2D eigenvalue weighted by atomic mass is 14.7. The molecule has 0 amide bonds. The topological polar surface area (TPSA) is 28.7 Å². The highest BCUT2D eigenvalue weighted by Gasteiger charge is 1.91. The van der Waals surface area contributed by atoms with E-state index in [9.17, 15) is 0 Å². The maximum atomic E-state index is 3.78. The zero-order valence-corrected chi connectivity index (χ0v) is 8.70. The molecule has 0 saturated carbocycles. The van der Waals surface area contributed by atoms with Gasteiger partial charge in [0.05, 0.1) is 0 Å². The minimum Gasteiger partial charge on any atom is -0.365 e. The van der Waals surface area contributed by atoms with Gasteiger partial charge in [-0.3, -0.25) is 4.98 Å². The first-order chi connectivity index (χ1) is 6.84. The number of nitrogens with zero attached hydrogens (tertiary/aromatic N) is 1. The molecule has 0 atom stereocenters. The van der Waals surface area contributed by atoms with Gasteiger partial charge in [0.2, 0.25) is 0 Å². The Morgan fingerprint density at radius 1 is 1.21 bits per heavy atom. The molecule has 0 aliphatic carbocycles. The second-order valence-corrected chi connectivity index (χ2v) is 3.01. The van der Waals surface area contributed by atoms with Gasteiger partial charge >= 0.3 is 0 Å². The lowest BCUT2D eigenvalue weighted by Crippen LogP contribution is -1.77. The van der Waals surface area contributed by atoms with E-state index >= 15 is 0 Å². The third kappa shape index (κ3) is 3.44. The molecule has 2 heterocycles. The Morgan fingerprint density at radius 2 is 1.93 bits per heavy atom. The van der Waals surface area contributed by atoms with Crippen molar-refractivity contribution < 1.29 is 0 Å². The Labute approximate surface area is 85.0 Å². The Kier molecular flexibility index (Phi) is 4.48. The summed E-state index contributed by atoms with van der Waals surface area (Å²) in [6, 6.07) is 7.84. The summed E-state index contributed by atoms with van der Waals surface area (Å²) < 4.78 is 0. The molecule has 1 N–H and O–H groups in total. The Bertz CT molecular complexity index is 312. The van der Waals surface area contributed by atoms with E-state index in [1.165, 1.54) is 11.3 Å². The second kappa shape index (κ2) is 5.97. The van der Waals surface area contributed by atoms with Crippen LogP contribution in [0.25, 0.3) is 0 Å². The Balaban J connectivity index is 0.000000146. The Morgan fingerprint density at radius 3 is 2.14 bits per heavy atom. The summed E-state index contributed by atoms with van der Waals surface area (Å²) >= 11 is 0. The molecule has 0 radical (unpaired) electrons. The minimum atomic E-state index is 1.13. The van der Waals surface area contributed by atoms with Crippen LogP contribution in [0.5, 0.6) is 0 Å². The summed E-state index contributed by atoms with van der Waals surface area (Å²) in [6.07, 6.45) is 6.61. The van der Waals surface area contributed by atoms with Gasteiger partial charge in [-0.05, 0) is 37.1 Å². The first kappa shape index (κ1) is 10.5. The number of hydrogen-bond donors (Lipinski definition) is 1. The van der Waals surface area contributed by atoms with Crippen molar-refractivity contribution >= 4 is 0 Å². The standard InChI is InChI=1S/C7H11N.C5H5N/c1-3-7-4-5-8-6(7)2;1-2-4-6-5-3-1/h4-5,8H,3H2,1-2H3;1-5H. The predicted octanol–water partition coefficient (Wildman–Crippen LogP) is 2.97. The summed E-state index contributed by atoms with van der Waals surface area (Å²) in [5.41, 5.74) is 2.72. The number of pyridine rings is 1. The molecule has 2 rings (SSSR count). The van der Waals surface area contributed by atoms with Gasteiger partial charge in [-0.25, -0.2) is 0 Å². The van der Waals surface area contributed by atoms with Gasteiger partial charge in [-0.15, -0.1) is 0 Å². The quantitative estimate of drug-likeness (QED) is 0.732. The van der Waals surface area contributed by atoms with Crippen molar-refractivity contribution in [3.63, 3.8) is 0 Å². The first-order valence-corrected chi connectivity index (χ1v) is 4.82. The molecule has 0 aromatic carbocycles. The maximum Gasteiger partial charge on any atom is 0.0267 e.